The Morgan fingerprint density at radius 3 is 2.95 bits per heavy atom. The summed E-state index contributed by atoms with van der Waals surface area (Å²) in [6.45, 7) is 3.51. The minimum atomic E-state index is -2.68. The molecule has 0 radical (unpaired) electrons. The minimum absolute atomic E-state index is 0.217. The Morgan fingerprint density at radius 2 is 2.18 bits per heavy atom. The molecule has 0 saturated carbocycles. The van der Waals surface area contributed by atoms with Crippen molar-refractivity contribution in [3.8, 4) is 0 Å². The van der Waals surface area contributed by atoms with Crippen LogP contribution in [0.3, 0.4) is 0 Å². The summed E-state index contributed by atoms with van der Waals surface area (Å²) in [6.07, 6.45) is 1.93. The lowest BCUT2D eigenvalue weighted by Gasteiger charge is -2.32. The number of nitrogens with one attached hydrogen (secondary N) is 2. The molecule has 0 unspecified atom stereocenters. The highest BCUT2D eigenvalue weighted by atomic mass is 19.3. The van der Waals surface area contributed by atoms with Crippen LogP contribution < -0.4 is 15.5 Å². The van der Waals surface area contributed by atoms with E-state index in [0.29, 0.717) is 32.0 Å². The van der Waals surface area contributed by atoms with Gasteiger partial charge in [0.2, 0.25) is 0 Å². The van der Waals surface area contributed by atoms with Crippen LogP contribution >= 0.6 is 0 Å². The van der Waals surface area contributed by atoms with Gasteiger partial charge < -0.3 is 20.3 Å². The SMILES string of the molecule is FC1(F)CNCC[C@@H]1CNc1cc(N2CCOCC2)ncn1. The van der Waals surface area contributed by atoms with Gasteiger partial charge in [-0.3, -0.25) is 0 Å². The second-order valence-corrected chi connectivity index (χ2v) is 5.67. The van der Waals surface area contributed by atoms with Gasteiger partial charge >= 0.3 is 0 Å². The molecule has 8 heteroatoms. The fourth-order valence-electron chi connectivity index (χ4n) is 2.78. The van der Waals surface area contributed by atoms with Crippen LogP contribution in [0.15, 0.2) is 12.4 Å². The molecule has 0 aromatic carbocycles. The maximum absolute atomic E-state index is 13.8. The highest BCUT2D eigenvalue weighted by Gasteiger charge is 2.41. The Kier molecular flexibility index (Phi) is 4.68. The zero-order valence-corrected chi connectivity index (χ0v) is 12.4. The number of nitrogens with zero attached hydrogens (tertiary/aromatic N) is 3. The molecule has 22 heavy (non-hydrogen) atoms. The van der Waals surface area contributed by atoms with Gasteiger partial charge in [-0.05, 0) is 13.0 Å². The number of piperidine rings is 1. The summed E-state index contributed by atoms with van der Waals surface area (Å²) >= 11 is 0. The Morgan fingerprint density at radius 1 is 1.36 bits per heavy atom. The summed E-state index contributed by atoms with van der Waals surface area (Å²) in [4.78, 5) is 10.5. The quantitative estimate of drug-likeness (QED) is 0.864. The maximum atomic E-state index is 13.8. The van der Waals surface area contributed by atoms with Crippen LogP contribution in [-0.4, -0.2) is 61.8 Å². The molecule has 3 heterocycles. The third-order valence-electron chi connectivity index (χ3n) is 4.14. The van der Waals surface area contributed by atoms with E-state index in [1.165, 1.54) is 6.33 Å². The lowest BCUT2D eigenvalue weighted by molar-refractivity contribution is -0.0678. The fraction of sp³-hybridized carbons (Fsp3) is 0.714. The summed E-state index contributed by atoms with van der Waals surface area (Å²) in [7, 11) is 0. The van der Waals surface area contributed by atoms with Gasteiger partial charge in [-0.25, -0.2) is 18.7 Å². The van der Waals surface area contributed by atoms with E-state index in [2.05, 4.69) is 25.5 Å². The molecule has 122 valence electrons. The molecule has 2 aliphatic rings. The van der Waals surface area contributed by atoms with Crippen LogP contribution in [0, 0.1) is 5.92 Å². The standard InChI is InChI=1S/C14H21F2N5O/c15-14(16)9-17-2-1-11(14)8-18-12-7-13(20-10-19-12)21-3-5-22-6-4-21/h7,10-11,17H,1-6,8-9H2,(H,18,19,20)/t11-/m1/s1. The Hall–Kier alpha value is -1.54. The van der Waals surface area contributed by atoms with Crippen LogP contribution in [-0.2, 0) is 4.74 Å². The normalized spacial score (nSPS) is 25.0. The number of hydrogen-bond acceptors (Lipinski definition) is 6. The summed E-state index contributed by atoms with van der Waals surface area (Å²) < 4.78 is 32.9. The molecule has 1 aromatic rings. The van der Waals surface area contributed by atoms with Gasteiger partial charge in [-0.2, -0.15) is 0 Å². The molecule has 0 aliphatic carbocycles. The number of rotatable bonds is 4. The van der Waals surface area contributed by atoms with Gasteiger partial charge in [-0.15, -0.1) is 0 Å². The zero-order chi connectivity index (χ0) is 15.4. The third kappa shape index (κ3) is 3.61. The van der Waals surface area contributed by atoms with Gasteiger partial charge in [-0.1, -0.05) is 0 Å². The van der Waals surface area contributed by atoms with E-state index in [1.54, 1.807) is 0 Å². The molecule has 0 bridgehead atoms. The lowest BCUT2D eigenvalue weighted by Crippen LogP contribution is -2.48. The fourth-order valence-corrected chi connectivity index (χ4v) is 2.78. The Labute approximate surface area is 128 Å². The Balaban J connectivity index is 1.60. The average molecular weight is 313 g/mol. The first-order chi connectivity index (χ1) is 10.6. The first-order valence-electron chi connectivity index (χ1n) is 7.62. The number of morpholine rings is 1. The number of ether oxygens (including phenoxy) is 1. The van der Waals surface area contributed by atoms with Gasteiger partial charge in [0.05, 0.1) is 19.8 Å². The minimum Gasteiger partial charge on any atom is -0.378 e. The number of halogens is 2. The molecule has 1 atom stereocenters. The molecule has 0 amide bonds. The third-order valence-corrected chi connectivity index (χ3v) is 4.14. The van der Waals surface area contributed by atoms with Crippen molar-refractivity contribution in [2.45, 2.75) is 12.3 Å². The van der Waals surface area contributed by atoms with E-state index < -0.39 is 11.8 Å². The smallest absolute Gasteiger partial charge is 0.264 e. The molecule has 0 spiro atoms. The van der Waals surface area contributed by atoms with Crippen LogP contribution in [0.2, 0.25) is 0 Å². The summed E-state index contributed by atoms with van der Waals surface area (Å²) in [5.41, 5.74) is 0. The van der Waals surface area contributed by atoms with Crippen molar-refractivity contribution in [2.24, 2.45) is 5.92 Å². The van der Waals surface area contributed by atoms with Crippen LogP contribution in [0.25, 0.3) is 0 Å². The topological polar surface area (TPSA) is 62.3 Å². The van der Waals surface area contributed by atoms with Crippen LogP contribution in [0.5, 0.6) is 0 Å². The van der Waals surface area contributed by atoms with Gasteiger partial charge in [0.25, 0.3) is 5.92 Å². The van der Waals surface area contributed by atoms with E-state index >= 15 is 0 Å². The predicted molar refractivity (Wildman–Crippen MR) is 79.5 cm³/mol. The average Bonchev–Trinajstić information content (AvgIpc) is 2.55. The first kappa shape index (κ1) is 15.4. The number of alkyl halides is 2. The zero-order valence-electron chi connectivity index (χ0n) is 12.4. The molecular weight excluding hydrogens is 292 g/mol. The molecule has 3 rings (SSSR count). The number of hydrogen-bond donors (Lipinski definition) is 2. The largest absolute Gasteiger partial charge is 0.378 e. The molecular formula is C14H21F2N5O. The highest BCUT2D eigenvalue weighted by Crippen LogP contribution is 2.29. The van der Waals surface area contributed by atoms with Crippen molar-refractivity contribution >= 4 is 11.6 Å². The maximum Gasteiger partial charge on any atom is 0.264 e. The number of aromatic nitrogens is 2. The molecule has 6 nitrogen and oxygen atoms in total. The van der Waals surface area contributed by atoms with E-state index in [0.717, 1.165) is 18.9 Å². The van der Waals surface area contributed by atoms with E-state index in [4.69, 9.17) is 4.74 Å². The van der Waals surface area contributed by atoms with Gasteiger partial charge in [0, 0.05) is 31.6 Å². The van der Waals surface area contributed by atoms with E-state index in [1.807, 2.05) is 6.07 Å². The first-order valence-corrected chi connectivity index (χ1v) is 7.62. The monoisotopic (exact) mass is 313 g/mol. The van der Waals surface area contributed by atoms with Crippen molar-refractivity contribution < 1.29 is 13.5 Å². The highest BCUT2D eigenvalue weighted by molar-refractivity contribution is 5.48. The van der Waals surface area contributed by atoms with E-state index in [-0.39, 0.29) is 13.1 Å². The second-order valence-electron chi connectivity index (χ2n) is 5.67. The van der Waals surface area contributed by atoms with Crippen molar-refractivity contribution in [1.82, 2.24) is 15.3 Å². The molecule has 2 fully saturated rings. The summed E-state index contributed by atoms with van der Waals surface area (Å²) in [5, 5.41) is 5.77. The van der Waals surface area contributed by atoms with Crippen molar-refractivity contribution in [3.63, 3.8) is 0 Å². The Bertz CT molecular complexity index is 496. The van der Waals surface area contributed by atoms with Crippen molar-refractivity contribution in [3.05, 3.63) is 12.4 Å². The van der Waals surface area contributed by atoms with Crippen LogP contribution in [0.4, 0.5) is 20.4 Å². The molecule has 2 aliphatic heterocycles. The van der Waals surface area contributed by atoms with E-state index in [9.17, 15) is 8.78 Å². The molecule has 2 saturated heterocycles. The number of anilines is 2. The molecule has 1 aromatic heterocycles. The van der Waals surface area contributed by atoms with Crippen LogP contribution in [0.1, 0.15) is 6.42 Å². The lowest BCUT2D eigenvalue weighted by atomic mass is 9.94. The van der Waals surface area contributed by atoms with Gasteiger partial charge in [0.1, 0.15) is 18.0 Å². The second kappa shape index (κ2) is 6.70. The summed E-state index contributed by atoms with van der Waals surface area (Å²) in [5.74, 6) is -1.95. The molecule has 2 N–H and O–H groups in total. The van der Waals surface area contributed by atoms with Crippen molar-refractivity contribution in [2.75, 3.05) is 56.2 Å². The van der Waals surface area contributed by atoms with Crippen molar-refractivity contribution in [1.29, 1.82) is 0 Å². The summed E-state index contributed by atoms with van der Waals surface area (Å²) in [6, 6.07) is 1.81. The predicted octanol–water partition coefficient (Wildman–Crippen LogP) is 0.970. The van der Waals surface area contributed by atoms with Gasteiger partial charge in [0.15, 0.2) is 0 Å².